The monoisotopic (exact) mass is 491 g/mol. The van der Waals surface area contributed by atoms with E-state index in [-0.39, 0.29) is 30.2 Å². The molecule has 1 saturated carbocycles. The first-order chi connectivity index (χ1) is 17.6. The normalized spacial score (nSPS) is 18.0. The molecule has 0 unspecified atom stereocenters. The molecular weight excluding hydrogens is 450 g/mol. The molecule has 6 nitrogen and oxygen atoms in total. The number of carbonyl (C=O) groups is 2. The van der Waals surface area contributed by atoms with Crippen molar-refractivity contribution in [3.63, 3.8) is 0 Å². The number of morpholine rings is 1. The van der Waals surface area contributed by atoms with Gasteiger partial charge in [-0.1, -0.05) is 73.7 Å². The van der Waals surface area contributed by atoms with Crippen molar-refractivity contribution in [3.8, 4) is 0 Å². The lowest BCUT2D eigenvalue weighted by molar-refractivity contribution is -0.139. The first-order valence-electron chi connectivity index (χ1n) is 13.6. The van der Waals surface area contributed by atoms with Crippen molar-refractivity contribution in [2.45, 2.75) is 57.9 Å². The second-order valence-corrected chi connectivity index (χ2v) is 10.3. The second-order valence-electron chi connectivity index (χ2n) is 10.3. The Hall–Kier alpha value is -2.86. The number of benzene rings is 2. The zero-order valence-electron chi connectivity index (χ0n) is 21.6. The van der Waals surface area contributed by atoms with E-state index in [4.69, 9.17) is 4.74 Å². The molecule has 194 valence electrons. The maximum atomic E-state index is 13.7. The molecule has 2 aromatic rings. The largest absolute Gasteiger partial charge is 0.383 e. The predicted octanol–water partition coefficient (Wildman–Crippen LogP) is 5.10. The molecular formula is C30H41N3O3. The molecule has 1 aliphatic carbocycles. The van der Waals surface area contributed by atoms with Crippen LogP contribution in [-0.4, -0.2) is 49.6 Å². The summed E-state index contributed by atoms with van der Waals surface area (Å²) in [4.78, 5) is 28.6. The molecule has 4 rings (SSSR count). The zero-order chi connectivity index (χ0) is 25.2. The van der Waals surface area contributed by atoms with Gasteiger partial charge in [-0.15, -0.1) is 0 Å². The molecule has 0 aromatic heterocycles. The SMILES string of the molecule is Cc1ccc(NC[C@@H](NC(=O)[C@H](CCC2CCCC2)CC(=O)N2CCOCC2)c2ccccc2)cc1. The van der Waals surface area contributed by atoms with Crippen LogP contribution in [0.4, 0.5) is 5.69 Å². The summed E-state index contributed by atoms with van der Waals surface area (Å²) in [6, 6.07) is 18.2. The van der Waals surface area contributed by atoms with E-state index >= 15 is 0 Å². The lowest BCUT2D eigenvalue weighted by Gasteiger charge is -2.29. The minimum atomic E-state index is -0.313. The minimum Gasteiger partial charge on any atom is -0.383 e. The predicted molar refractivity (Wildman–Crippen MR) is 144 cm³/mol. The number of nitrogens with one attached hydrogen (secondary N) is 2. The van der Waals surface area contributed by atoms with E-state index in [2.05, 4.69) is 41.8 Å². The van der Waals surface area contributed by atoms with Crippen LogP contribution in [0.3, 0.4) is 0 Å². The Labute approximate surface area is 215 Å². The van der Waals surface area contributed by atoms with Gasteiger partial charge in [-0.2, -0.15) is 0 Å². The Morgan fingerprint density at radius 3 is 2.39 bits per heavy atom. The van der Waals surface area contributed by atoms with Gasteiger partial charge in [0.1, 0.15) is 0 Å². The number of nitrogens with zero attached hydrogens (tertiary/aromatic N) is 1. The number of carbonyl (C=O) groups excluding carboxylic acids is 2. The van der Waals surface area contributed by atoms with Crippen molar-refractivity contribution >= 4 is 17.5 Å². The Morgan fingerprint density at radius 1 is 1.00 bits per heavy atom. The van der Waals surface area contributed by atoms with Crippen molar-refractivity contribution in [3.05, 3.63) is 65.7 Å². The Kier molecular flexibility index (Phi) is 9.79. The van der Waals surface area contributed by atoms with E-state index in [9.17, 15) is 9.59 Å². The lowest BCUT2D eigenvalue weighted by Crippen LogP contribution is -2.43. The van der Waals surface area contributed by atoms with Crippen molar-refractivity contribution < 1.29 is 14.3 Å². The zero-order valence-corrected chi connectivity index (χ0v) is 21.6. The number of hydrogen-bond donors (Lipinski definition) is 2. The quantitative estimate of drug-likeness (QED) is 0.459. The van der Waals surface area contributed by atoms with Crippen molar-refractivity contribution in [1.82, 2.24) is 10.2 Å². The fourth-order valence-corrected chi connectivity index (χ4v) is 5.33. The van der Waals surface area contributed by atoms with Gasteiger partial charge < -0.3 is 20.3 Å². The van der Waals surface area contributed by atoms with E-state index < -0.39 is 0 Å². The average Bonchev–Trinajstić information content (AvgIpc) is 3.44. The first kappa shape index (κ1) is 26.2. The summed E-state index contributed by atoms with van der Waals surface area (Å²) in [6.45, 7) is 5.02. The molecule has 2 aromatic carbocycles. The summed E-state index contributed by atoms with van der Waals surface area (Å²) in [5.41, 5.74) is 3.29. The number of rotatable bonds is 11. The number of ether oxygens (including phenoxy) is 1. The molecule has 36 heavy (non-hydrogen) atoms. The second kappa shape index (κ2) is 13.4. The van der Waals surface area contributed by atoms with E-state index in [0.29, 0.717) is 38.8 Å². The van der Waals surface area contributed by atoms with Crippen LogP contribution in [0, 0.1) is 18.8 Å². The summed E-state index contributed by atoms with van der Waals surface area (Å²) in [6.07, 6.45) is 7.12. The van der Waals surface area contributed by atoms with E-state index in [1.165, 1.54) is 31.2 Å². The molecule has 0 spiro atoms. The molecule has 1 aliphatic heterocycles. The summed E-state index contributed by atoms with van der Waals surface area (Å²) in [5, 5.41) is 6.78. The molecule has 1 heterocycles. The summed E-state index contributed by atoms with van der Waals surface area (Å²) >= 11 is 0. The van der Waals surface area contributed by atoms with Crippen LogP contribution in [0.15, 0.2) is 54.6 Å². The standard InChI is InChI=1S/C30H41N3O3/c1-23-11-15-27(16-12-23)31-22-28(25-9-3-2-4-10-25)32-30(35)26(14-13-24-7-5-6-8-24)21-29(34)33-17-19-36-20-18-33/h2-4,9-12,15-16,24,26,28,31H,5-8,13-14,17-22H2,1H3,(H,32,35)/t26-,28-/m1/s1. The molecule has 0 radical (unpaired) electrons. The maximum Gasteiger partial charge on any atom is 0.224 e. The molecule has 1 saturated heterocycles. The highest BCUT2D eigenvalue weighted by atomic mass is 16.5. The summed E-state index contributed by atoms with van der Waals surface area (Å²) in [7, 11) is 0. The van der Waals surface area contributed by atoms with E-state index in [1.807, 2.05) is 35.2 Å². The minimum absolute atomic E-state index is 0.0193. The van der Waals surface area contributed by atoms with Gasteiger partial charge in [-0.25, -0.2) is 0 Å². The highest BCUT2D eigenvalue weighted by Crippen LogP contribution is 2.31. The number of aryl methyl sites for hydroxylation is 1. The molecule has 2 amide bonds. The third kappa shape index (κ3) is 7.82. The molecule has 0 bridgehead atoms. The van der Waals surface area contributed by atoms with Gasteiger partial charge in [0.25, 0.3) is 0 Å². The molecule has 2 N–H and O–H groups in total. The van der Waals surface area contributed by atoms with Crippen LogP contribution in [0.1, 0.15) is 62.1 Å². The van der Waals surface area contributed by atoms with Crippen LogP contribution >= 0.6 is 0 Å². The molecule has 6 heteroatoms. The summed E-state index contributed by atoms with van der Waals surface area (Å²) < 4.78 is 5.41. The molecule has 2 atom stereocenters. The topological polar surface area (TPSA) is 70.7 Å². The number of anilines is 1. The van der Waals surface area contributed by atoms with Crippen LogP contribution in [0.25, 0.3) is 0 Å². The summed E-state index contributed by atoms with van der Waals surface area (Å²) in [5.74, 6) is 0.423. The Bertz CT molecular complexity index is 951. The van der Waals surface area contributed by atoms with E-state index in [1.54, 1.807) is 0 Å². The van der Waals surface area contributed by atoms with Crippen LogP contribution in [0.5, 0.6) is 0 Å². The van der Waals surface area contributed by atoms with Crippen molar-refractivity contribution in [2.75, 3.05) is 38.2 Å². The Morgan fingerprint density at radius 2 is 1.69 bits per heavy atom. The highest BCUT2D eigenvalue weighted by Gasteiger charge is 2.29. The smallest absolute Gasteiger partial charge is 0.224 e. The first-order valence-corrected chi connectivity index (χ1v) is 13.6. The fourth-order valence-electron chi connectivity index (χ4n) is 5.33. The van der Waals surface area contributed by atoms with Gasteiger partial charge in [-0.05, 0) is 43.4 Å². The molecule has 2 fully saturated rings. The third-order valence-electron chi connectivity index (χ3n) is 7.63. The number of hydrogen-bond acceptors (Lipinski definition) is 4. The highest BCUT2D eigenvalue weighted by molar-refractivity contribution is 5.86. The molecule has 2 aliphatic rings. The lowest BCUT2D eigenvalue weighted by atomic mass is 9.91. The van der Waals surface area contributed by atoms with Gasteiger partial charge in [0.15, 0.2) is 0 Å². The fraction of sp³-hybridized carbons (Fsp3) is 0.533. The van der Waals surface area contributed by atoms with Gasteiger partial charge in [0, 0.05) is 37.7 Å². The van der Waals surface area contributed by atoms with Crippen LogP contribution in [-0.2, 0) is 14.3 Å². The van der Waals surface area contributed by atoms with Gasteiger partial charge in [0.2, 0.25) is 11.8 Å². The maximum absolute atomic E-state index is 13.7. The van der Waals surface area contributed by atoms with Crippen LogP contribution in [0.2, 0.25) is 0 Å². The van der Waals surface area contributed by atoms with Gasteiger partial charge >= 0.3 is 0 Å². The Balaban J connectivity index is 1.44. The van der Waals surface area contributed by atoms with Crippen molar-refractivity contribution in [1.29, 1.82) is 0 Å². The van der Waals surface area contributed by atoms with Gasteiger partial charge in [0.05, 0.1) is 19.3 Å². The average molecular weight is 492 g/mol. The van der Waals surface area contributed by atoms with E-state index in [0.717, 1.165) is 24.1 Å². The van der Waals surface area contributed by atoms with Gasteiger partial charge in [-0.3, -0.25) is 9.59 Å². The van der Waals surface area contributed by atoms with Crippen LogP contribution < -0.4 is 10.6 Å². The van der Waals surface area contributed by atoms with Crippen molar-refractivity contribution in [2.24, 2.45) is 11.8 Å². The third-order valence-corrected chi connectivity index (χ3v) is 7.63. The number of amides is 2.